The maximum absolute atomic E-state index is 8.52. The van der Waals surface area contributed by atoms with Crippen LogP contribution < -0.4 is 0 Å². The van der Waals surface area contributed by atoms with Crippen molar-refractivity contribution < 1.29 is 45.8 Å². The number of hydrogen-bond donors (Lipinski definition) is 3. The van der Waals surface area contributed by atoms with Crippen LogP contribution in [0.25, 0.3) is 0 Å². The van der Waals surface area contributed by atoms with E-state index in [0.29, 0.717) is 5.76 Å². The number of aliphatic hydroxyl groups excluding tert-OH is 1. The molecular formula is C13H26O6V. The second-order valence-corrected chi connectivity index (χ2v) is 5.61. The molecule has 0 spiro atoms. The van der Waals surface area contributed by atoms with Gasteiger partial charge in [0.2, 0.25) is 0 Å². The van der Waals surface area contributed by atoms with Gasteiger partial charge >= 0.3 is 21.0 Å². The van der Waals surface area contributed by atoms with Gasteiger partial charge in [-0.2, -0.15) is 0 Å². The van der Waals surface area contributed by atoms with Crippen LogP contribution in [0.1, 0.15) is 47.3 Å². The first-order valence-electron chi connectivity index (χ1n) is 5.86. The Morgan fingerprint density at radius 2 is 1.55 bits per heavy atom. The van der Waals surface area contributed by atoms with Gasteiger partial charge in [-0.3, -0.25) is 5.26 Å². The molecule has 7 heteroatoms. The zero-order valence-electron chi connectivity index (χ0n) is 13.0. The van der Waals surface area contributed by atoms with E-state index in [9.17, 15) is 0 Å². The number of aliphatic hydroxyl groups is 2. The molecule has 1 aromatic heterocycles. The van der Waals surface area contributed by atoms with Crippen LogP contribution in [0.4, 0.5) is 0 Å². The Balaban J connectivity index is -0.000000207. The molecule has 1 aromatic rings. The molecule has 0 aromatic carbocycles. The summed E-state index contributed by atoms with van der Waals surface area (Å²) in [5.41, 5.74) is -0.903. The molecule has 0 aliphatic carbocycles. The minimum absolute atomic E-state index is 0.00694. The van der Waals surface area contributed by atoms with E-state index >= 15 is 0 Å². The van der Waals surface area contributed by atoms with Gasteiger partial charge in [-0.15, -0.1) is 0 Å². The van der Waals surface area contributed by atoms with Crippen molar-refractivity contribution in [2.24, 2.45) is 0 Å². The van der Waals surface area contributed by atoms with Crippen molar-refractivity contribution in [3.05, 3.63) is 24.2 Å². The topological polar surface area (TPSA) is 100 Å². The summed E-state index contributed by atoms with van der Waals surface area (Å²) in [5, 5.41) is 24.8. The first-order valence-corrected chi connectivity index (χ1v) is 6.43. The van der Waals surface area contributed by atoms with E-state index in [4.69, 9.17) is 23.6 Å². The van der Waals surface area contributed by atoms with Gasteiger partial charge in [-0.05, 0) is 53.7 Å². The molecule has 1 heterocycles. The Bertz CT molecular complexity index is 281. The average Bonchev–Trinajstić information content (AvgIpc) is 2.82. The summed E-state index contributed by atoms with van der Waals surface area (Å²) in [6.07, 6.45) is 1.53. The van der Waals surface area contributed by atoms with E-state index in [1.165, 1.54) is 6.26 Å². The first kappa shape index (κ1) is 24.5. The van der Waals surface area contributed by atoms with Crippen molar-refractivity contribution >= 4 is 0 Å². The Labute approximate surface area is 129 Å². The quantitative estimate of drug-likeness (QED) is 0.541. The van der Waals surface area contributed by atoms with Crippen LogP contribution in [0.15, 0.2) is 22.8 Å². The van der Waals surface area contributed by atoms with Crippen molar-refractivity contribution in [1.29, 1.82) is 0 Å². The molecule has 1 rings (SSSR count). The molecule has 6 nitrogen and oxygen atoms in total. The van der Waals surface area contributed by atoms with Crippen LogP contribution in [-0.2, 0) is 32.5 Å². The van der Waals surface area contributed by atoms with Crippen LogP contribution >= 0.6 is 0 Å². The fraction of sp³-hybridized carbons (Fsp3) is 0.692. The Hall–Kier alpha value is -0.496. The molecule has 0 bridgehead atoms. The van der Waals surface area contributed by atoms with E-state index in [2.05, 4.69) is 4.89 Å². The van der Waals surface area contributed by atoms with Gasteiger partial charge < -0.3 is 14.6 Å². The SMILES string of the molecule is CC(C)(C)O.CC(C)(C)OO.OCc1ccco1.[O]=[V]. The monoisotopic (exact) mass is 329 g/mol. The first-order chi connectivity index (χ1) is 8.99. The van der Waals surface area contributed by atoms with Gasteiger partial charge in [0.05, 0.1) is 17.5 Å². The van der Waals surface area contributed by atoms with E-state index in [1.54, 1.807) is 53.7 Å². The summed E-state index contributed by atoms with van der Waals surface area (Å²) >= 11 is 1.06. The predicted octanol–water partition coefficient (Wildman–Crippen LogP) is 2.70. The third kappa shape index (κ3) is 36.0. The van der Waals surface area contributed by atoms with Gasteiger partial charge in [-0.25, -0.2) is 4.89 Å². The molecule has 0 saturated heterocycles. The van der Waals surface area contributed by atoms with Crippen molar-refractivity contribution in [1.82, 2.24) is 0 Å². The zero-order valence-corrected chi connectivity index (χ0v) is 14.3. The van der Waals surface area contributed by atoms with Crippen LogP contribution in [0, 0.1) is 0 Å². The van der Waals surface area contributed by atoms with Crippen LogP contribution in [0.5, 0.6) is 0 Å². The molecular weight excluding hydrogens is 303 g/mol. The fourth-order valence-electron chi connectivity index (χ4n) is 0.403. The standard InChI is InChI=1S/C5H6O2.C4H10O2.C4H10O.O.V/c6-4-5-2-1-3-7-5;1-4(2,3)6-5;1-4(2,3)5;;/h1-3,6H,4H2;5H,1-3H3;5H,1-3H3;;. The van der Waals surface area contributed by atoms with E-state index < -0.39 is 11.2 Å². The zero-order chi connectivity index (χ0) is 16.8. The molecule has 20 heavy (non-hydrogen) atoms. The van der Waals surface area contributed by atoms with Crippen LogP contribution in [0.2, 0.25) is 0 Å². The minimum atomic E-state index is -0.500. The van der Waals surface area contributed by atoms with Gasteiger partial charge in [0.25, 0.3) is 0 Å². The van der Waals surface area contributed by atoms with Crippen LogP contribution in [-0.4, -0.2) is 26.7 Å². The molecule has 0 saturated carbocycles. The second kappa shape index (κ2) is 13.5. The van der Waals surface area contributed by atoms with Gasteiger partial charge in [0.1, 0.15) is 12.4 Å². The van der Waals surface area contributed by atoms with E-state index in [-0.39, 0.29) is 6.61 Å². The van der Waals surface area contributed by atoms with E-state index in [1.807, 2.05) is 0 Å². The molecule has 119 valence electrons. The number of hydrogen-bond acceptors (Lipinski definition) is 6. The Kier molecular flexibility index (Phi) is 16.5. The summed E-state index contributed by atoms with van der Waals surface area (Å²) in [5.74, 6) is 0.611. The summed E-state index contributed by atoms with van der Waals surface area (Å²) in [6.45, 7) is 10.5. The predicted molar refractivity (Wildman–Crippen MR) is 70.8 cm³/mol. The normalized spacial score (nSPS) is 10.0. The van der Waals surface area contributed by atoms with Crippen molar-refractivity contribution in [3.8, 4) is 0 Å². The van der Waals surface area contributed by atoms with Crippen molar-refractivity contribution in [2.75, 3.05) is 0 Å². The summed E-state index contributed by atoms with van der Waals surface area (Å²) < 4.78 is 12.9. The van der Waals surface area contributed by atoms with Gasteiger partial charge in [0.15, 0.2) is 0 Å². The molecule has 3 N–H and O–H groups in total. The summed E-state index contributed by atoms with van der Waals surface area (Å²) in [7, 11) is 0. The molecule has 0 aliphatic heterocycles. The molecule has 0 radical (unpaired) electrons. The number of rotatable bonds is 1. The molecule has 0 unspecified atom stereocenters. The third-order valence-electron chi connectivity index (χ3n) is 1.01. The average molecular weight is 329 g/mol. The molecule has 0 aliphatic rings. The fourth-order valence-corrected chi connectivity index (χ4v) is 0.403. The van der Waals surface area contributed by atoms with Crippen LogP contribution in [0.3, 0.4) is 0 Å². The van der Waals surface area contributed by atoms with Gasteiger partial charge in [-0.1, -0.05) is 0 Å². The molecule has 0 atom stereocenters. The van der Waals surface area contributed by atoms with Crippen molar-refractivity contribution in [3.63, 3.8) is 0 Å². The third-order valence-corrected chi connectivity index (χ3v) is 1.01. The van der Waals surface area contributed by atoms with E-state index in [0.717, 1.165) is 17.4 Å². The summed E-state index contributed by atoms with van der Waals surface area (Å²) in [6, 6.07) is 3.46. The number of furan rings is 1. The van der Waals surface area contributed by atoms with Crippen molar-refractivity contribution in [2.45, 2.75) is 59.4 Å². The van der Waals surface area contributed by atoms with Gasteiger partial charge in [0, 0.05) is 0 Å². The molecule has 0 fully saturated rings. The summed E-state index contributed by atoms with van der Waals surface area (Å²) in [4.78, 5) is 3.94. The molecule has 0 amide bonds. The second-order valence-electron chi connectivity index (χ2n) is 5.61. The Morgan fingerprint density at radius 3 is 1.65 bits per heavy atom. The Morgan fingerprint density at radius 1 is 1.20 bits per heavy atom. The maximum atomic E-state index is 8.52.